The van der Waals surface area contributed by atoms with Crippen molar-refractivity contribution in [3.8, 4) is 0 Å². The molecular weight excluding hydrogens is 713 g/mol. The third-order valence-corrected chi connectivity index (χ3v) is 9.28. The molecule has 0 fully saturated rings. The minimum atomic E-state index is -4.39. The number of nitrogens with two attached hydrogens (primary N) is 1. The van der Waals surface area contributed by atoms with Crippen LogP contribution < -0.4 is 5.73 Å². The van der Waals surface area contributed by atoms with Gasteiger partial charge in [0.2, 0.25) is 0 Å². The van der Waals surface area contributed by atoms with Crippen LogP contribution in [0.1, 0.15) is 155 Å². The Morgan fingerprint density at radius 2 is 1.00 bits per heavy atom. The molecule has 9 nitrogen and oxygen atoms in total. The SMILES string of the molecule is CC/C=C\C/C=C\C/C=C\C/C=C\C/C=C\C/C=C\C/C=C\CCCC(=O)OC(COC(=O)CCCCCCCCCCCCC)COP(=O)(O)OCCN. The highest BCUT2D eigenvalue weighted by Crippen LogP contribution is 2.43. The number of phosphoric acid groups is 1. The van der Waals surface area contributed by atoms with Crippen molar-refractivity contribution >= 4 is 19.8 Å². The summed E-state index contributed by atoms with van der Waals surface area (Å²) in [6, 6.07) is 0. The fraction of sp³-hybridized carbons (Fsp3) is 0.644. The van der Waals surface area contributed by atoms with Crippen LogP contribution in [0.25, 0.3) is 0 Å². The molecule has 3 N–H and O–H groups in total. The lowest BCUT2D eigenvalue weighted by molar-refractivity contribution is -0.161. The number of ether oxygens (including phenoxy) is 2. The summed E-state index contributed by atoms with van der Waals surface area (Å²) in [5, 5.41) is 0. The maximum atomic E-state index is 12.5. The average Bonchev–Trinajstić information content (AvgIpc) is 3.17. The van der Waals surface area contributed by atoms with Gasteiger partial charge in [-0.15, -0.1) is 0 Å². The predicted octanol–water partition coefficient (Wildman–Crippen LogP) is 12.0. The molecule has 0 amide bonds. The molecule has 0 radical (unpaired) electrons. The number of hydrogen-bond acceptors (Lipinski definition) is 8. The Morgan fingerprint density at radius 3 is 1.47 bits per heavy atom. The van der Waals surface area contributed by atoms with Crippen molar-refractivity contribution in [1.82, 2.24) is 0 Å². The van der Waals surface area contributed by atoms with Crippen molar-refractivity contribution in [3.05, 3.63) is 85.1 Å². The van der Waals surface area contributed by atoms with Gasteiger partial charge >= 0.3 is 19.8 Å². The van der Waals surface area contributed by atoms with E-state index in [0.717, 1.165) is 64.2 Å². The molecule has 10 heteroatoms. The van der Waals surface area contributed by atoms with Crippen molar-refractivity contribution in [3.63, 3.8) is 0 Å². The Hall–Kier alpha value is -2.81. The lowest BCUT2D eigenvalue weighted by Gasteiger charge is -2.19. The zero-order chi connectivity index (χ0) is 40.3. The van der Waals surface area contributed by atoms with Gasteiger partial charge in [-0.05, 0) is 64.2 Å². The lowest BCUT2D eigenvalue weighted by Crippen LogP contribution is -2.29. The van der Waals surface area contributed by atoms with Gasteiger partial charge in [-0.1, -0.05) is 163 Å². The van der Waals surface area contributed by atoms with Gasteiger partial charge in [0.05, 0.1) is 13.2 Å². The molecule has 0 bridgehead atoms. The van der Waals surface area contributed by atoms with Crippen LogP contribution in [0.5, 0.6) is 0 Å². The second-order valence-corrected chi connectivity index (χ2v) is 14.9. The van der Waals surface area contributed by atoms with E-state index in [0.29, 0.717) is 12.8 Å². The second-order valence-electron chi connectivity index (χ2n) is 13.5. The van der Waals surface area contributed by atoms with Crippen LogP contribution in [0, 0.1) is 0 Å². The Labute approximate surface area is 334 Å². The molecular formula is C45H76NO8P. The van der Waals surface area contributed by atoms with E-state index in [-0.39, 0.29) is 32.6 Å². The zero-order valence-electron chi connectivity index (χ0n) is 34.4. The van der Waals surface area contributed by atoms with E-state index < -0.39 is 32.5 Å². The standard InChI is InChI=1S/C45H76NO8P/c1-3-5-7-9-11-13-15-16-17-18-19-20-21-22-23-24-25-26-28-30-32-34-36-38-45(48)54-43(42-53-55(49,50)52-40-39-46)41-51-44(47)37-35-33-31-29-27-14-12-10-8-6-4-2/h5,7,11,13,16-17,19-20,22-23,25-26,30,32,43H,3-4,6,8-10,12,14-15,18,21,24,27-29,31,33-42,46H2,1-2H3,(H,49,50)/b7-5-,13-11-,17-16-,20-19-,23-22-,26-25-,32-30-. The van der Waals surface area contributed by atoms with Gasteiger partial charge < -0.3 is 20.1 Å². The molecule has 314 valence electrons. The zero-order valence-corrected chi connectivity index (χ0v) is 35.3. The summed E-state index contributed by atoms with van der Waals surface area (Å²) in [4.78, 5) is 34.8. The van der Waals surface area contributed by atoms with E-state index in [1.165, 1.54) is 51.4 Å². The molecule has 0 aromatic rings. The maximum Gasteiger partial charge on any atom is 0.472 e. The van der Waals surface area contributed by atoms with Gasteiger partial charge in [0.15, 0.2) is 6.10 Å². The fourth-order valence-corrected chi connectivity index (χ4v) is 5.98. The summed E-state index contributed by atoms with van der Waals surface area (Å²) >= 11 is 0. The number of allylic oxidation sites excluding steroid dienone is 14. The first kappa shape index (κ1) is 52.2. The number of hydrogen-bond donors (Lipinski definition) is 2. The molecule has 55 heavy (non-hydrogen) atoms. The normalized spacial score (nSPS) is 14.2. The molecule has 0 saturated carbocycles. The molecule has 0 heterocycles. The number of rotatable bonds is 38. The first-order chi connectivity index (χ1) is 26.8. The third-order valence-electron chi connectivity index (χ3n) is 8.30. The van der Waals surface area contributed by atoms with Gasteiger partial charge in [0.25, 0.3) is 0 Å². The molecule has 0 rings (SSSR count). The van der Waals surface area contributed by atoms with Crippen LogP contribution in [0.4, 0.5) is 0 Å². The highest BCUT2D eigenvalue weighted by atomic mass is 31.2. The van der Waals surface area contributed by atoms with Gasteiger partial charge in [-0.3, -0.25) is 18.6 Å². The van der Waals surface area contributed by atoms with E-state index >= 15 is 0 Å². The van der Waals surface area contributed by atoms with Crippen LogP contribution in [-0.4, -0.2) is 49.3 Å². The van der Waals surface area contributed by atoms with Crippen LogP contribution in [0.2, 0.25) is 0 Å². The molecule has 2 unspecified atom stereocenters. The van der Waals surface area contributed by atoms with Gasteiger partial charge in [-0.2, -0.15) is 0 Å². The van der Waals surface area contributed by atoms with E-state index in [9.17, 15) is 19.0 Å². The molecule has 0 saturated heterocycles. The summed E-state index contributed by atoms with van der Waals surface area (Å²) in [6.07, 6.45) is 50.5. The summed E-state index contributed by atoms with van der Waals surface area (Å²) in [5.74, 6) is -0.906. The number of carbonyl (C=O) groups is 2. The van der Waals surface area contributed by atoms with Gasteiger partial charge in [0, 0.05) is 19.4 Å². The van der Waals surface area contributed by atoms with Gasteiger partial charge in [0.1, 0.15) is 6.61 Å². The Kier molecular flexibility index (Phi) is 38.8. The first-order valence-electron chi connectivity index (χ1n) is 21.1. The molecule has 0 spiro atoms. The monoisotopic (exact) mass is 790 g/mol. The highest BCUT2D eigenvalue weighted by Gasteiger charge is 2.25. The van der Waals surface area contributed by atoms with Crippen molar-refractivity contribution in [1.29, 1.82) is 0 Å². The van der Waals surface area contributed by atoms with E-state index in [2.05, 4.69) is 92.8 Å². The summed E-state index contributed by atoms with van der Waals surface area (Å²) < 4.78 is 32.6. The average molecular weight is 790 g/mol. The smallest absolute Gasteiger partial charge is 0.462 e. The summed E-state index contributed by atoms with van der Waals surface area (Å²) in [7, 11) is -4.39. The lowest BCUT2D eigenvalue weighted by atomic mass is 10.1. The van der Waals surface area contributed by atoms with E-state index in [1.54, 1.807) is 0 Å². The van der Waals surface area contributed by atoms with Crippen molar-refractivity contribution in [2.24, 2.45) is 5.73 Å². The molecule has 0 aliphatic carbocycles. The van der Waals surface area contributed by atoms with Crippen molar-refractivity contribution in [2.75, 3.05) is 26.4 Å². The molecule has 2 atom stereocenters. The van der Waals surface area contributed by atoms with Crippen LogP contribution in [-0.2, 0) is 32.7 Å². The number of esters is 2. The third kappa shape index (κ3) is 40.7. The van der Waals surface area contributed by atoms with Gasteiger partial charge in [-0.25, -0.2) is 4.57 Å². The number of unbranched alkanes of at least 4 members (excludes halogenated alkanes) is 11. The Bertz CT molecular complexity index is 1170. The Balaban J connectivity index is 4.29. The van der Waals surface area contributed by atoms with E-state index in [1.807, 2.05) is 6.08 Å². The fourth-order valence-electron chi connectivity index (χ4n) is 5.21. The number of phosphoric ester groups is 1. The molecule has 0 aliphatic rings. The largest absolute Gasteiger partial charge is 0.472 e. The maximum absolute atomic E-state index is 12.5. The minimum Gasteiger partial charge on any atom is -0.462 e. The van der Waals surface area contributed by atoms with E-state index in [4.69, 9.17) is 24.3 Å². The summed E-state index contributed by atoms with van der Waals surface area (Å²) in [6.45, 7) is 3.52. The van der Waals surface area contributed by atoms with Crippen molar-refractivity contribution < 1.29 is 37.6 Å². The second kappa shape index (κ2) is 40.8. The van der Waals surface area contributed by atoms with Crippen LogP contribution in [0.15, 0.2) is 85.1 Å². The predicted molar refractivity (Wildman–Crippen MR) is 229 cm³/mol. The minimum absolute atomic E-state index is 0.0405. The topological polar surface area (TPSA) is 134 Å². The number of carbonyl (C=O) groups excluding carboxylic acids is 2. The summed E-state index contributed by atoms with van der Waals surface area (Å²) in [5.41, 5.74) is 5.33. The molecule has 0 aliphatic heterocycles. The Morgan fingerprint density at radius 1 is 0.564 bits per heavy atom. The molecule has 0 aromatic carbocycles. The molecule has 0 aromatic heterocycles. The van der Waals surface area contributed by atoms with Crippen LogP contribution >= 0.6 is 7.82 Å². The van der Waals surface area contributed by atoms with Crippen molar-refractivity contribution in [2.45, 2.75) is 161 Å². The van der Waals surface area contributed by atoms with Crippen LogP contribution in [0.3, 0.4) is 0 Å². The first-order valence-corrected chi connectivity index (χ1v) is 22.6. The quantitative estimate of drug-likeness (QED) is 0.0271. The highest BCUT2D eigenvalue weighted by molar-refractivity contribution is 7.47.